The molecule has 6 rings (SSSR count). The van der Waals surface area contributed by atoms with E-state index in [0.29, 0.717) is 37.7 Å². The van der Waals surface area contributed by atoms with E-state index in [1.54, 1.807) is 24.5 Å². The molecular weight excluding hydrogens is 641 g/mol. The zero-order valence-electron chi connectivity index (χ0n) is 22.4. The van der Waals surface area contributed by atoms with Crippen molar-refractivity contribution in [3.05, 3.63) is 106 Å². The summed E-state index contributed by atoms with van der Waals surface area (Å²) in [4.78, 5) is 32.4. The van der Waals surface area contributed by atoms with Crippen molar-refractivity contribution in [3.63, 3.8) is 0 Å². The molecule has 0 amide bonds. The molecule has 4 aromatic rings. The number of ether oxygens (including phenoxy) is 3. The molecule has 0 spiro atoms. The summed E-state index contributed by atoms with van der Waals surface area (Å²) in [5, 5.41) is 0. The Kier molecular flexibility index (Phi) is 6.91. The molecule has 2 aliphatic rings. The van der Waals surface area contributed by atoms with E-state index >= 15 is 0 Å². The van der Waals surface area contributed by atoms with Crippen LogP contribution in [0.3, 0.4) is 0 Å². The number of carbonyl (C=O) groups excluding carboxylic acids is 1. The van der Waals surface area contributed by atoms with Gasteiger partial charge in [0.25, 0.3) is 5.56 Å². The minimum Gasteiger partial charge on any atom is -0.463 e. The van der Waals surface area contributed by atoms with E-state index in [0.717, 1.165) is 22.6 Å². The first-order chi connectivity index (χ1) is 19.3. The van der Waals surface area contributed by atoms with Crippen LogP contribution in [0.25, 0.3) is 11.8 Å². The summed E-state index contributed by atoms with van der Waals surface area (Å²) in [5.74, 6) is 0.695. The SMILES string of the molecule is CCOC(=O)C1=C(C)N=c2s/c(=C\c3cc(C)n(-c4ccc(I)cc4)c3C)c(=O)n2[C@@H]1c1ccc2c(c1)OCO2. The highest BCUT2D eigenvalue weighted by atomic mass is 127. The highest BCUT2D eigenvalue weighted by Crippen LogP contribution is 2.38. The summed E-state index contributed by atoms with van der Waals surface area (Å²) in [6.07, 6.45) is 1.91. The maximum absolute atomic E-state index is 14.0. The van der Waals surface area contributed by atoms with E-state index < -0.39 is 12.0 Å². The second-order valence-electron chi connectivity index (χ2n) is 9.55. The molecule has 1 atom stereocenters. The molecule has 0 saturated carbocycles. The molecule has 2 aromatic heterocycles. The van der Waals surface area contributed by atoms with E-state index in [2.05, 4.69) is 69.4 Å². The third kappa shape index (κ3) is 4.48. The van der Waals surface area contributed by atoms with Gasteiger partial charge in [0.15, 0.2) is 16.3 Å². The van der Waals surface area contributed by atoms with Crippen LogP contribution >= 0.6 is 33.9 Å². The first-order valence-electron chi connectivity index (χ1n) is 12.8. The number of benzene rings is 2. The summed E-state index contributed by atoms with van der Waals surface area (Å²) < 4.78 is 21.9. The van der Waals surface area contributed by atoms with Gasteiger partial charge in [-0.25, -0.2) is 9.79 Å². The maximum Gasteiger partial charge on any atom is 0.338 e. The fourth-order valence-corrected chi connectivity index (χ4v) is 6.65. The Labute approximate surface area is 248 Å². The molecule has 0 bridgehead atoms. The summed E-state index contributed by atoms with van der Waals surface area (Å²) in [6.45, 7) is 7.97. The van der Waals surface area contributed by atoms with Crippen LogP contribution < -0.4 is 24.4 Å². The molecule has 0 fully saturated rings. The Morgan fingerprint density at radius 3 is 2.62 bits per heavy atom. The number of halogens is 1. The zero-order valence-corrected chi connectivity index (χ0v) is 25.3. The Hall–Kier alpha value is -3.64. The van der Waals surface area contributed by atoms with Gasteiger partial charge in [-0.2, -0.15) is 0 Å². The van der Waals surface area contributed by atoms with Crippen LogP contribution in [0.4, 0.5) is 0 Å². The Balaban J connectivity index is 1.52. The molecule has 8 nitrogen and oxygen atoms in total. The van der Waals surface area contributed by atoms with Crippen molar-refractivity contribution in [2.45, 2.75) is 33.7 Å². The number of thiazole rings is 1. The Morgan fingerprint density at radius 2 is 1.88 bits per heavy atom. The number of nitrogens with zero attached hydrogens (tertiary/aromatic N) is 3. The number of hydrogen-bond donors (Lipinski definition) is 0. The minimum atomic E-state index is -0.717. The van der Waals surface area contributed by atoms with Crippen molar-refractivity contribution in [2.24, 2.45) is 4.99 Å². The first kappa shape index (κ1) is 26.6. The lowest BCUT2D eigenvalue weighted by Gasteiger charge is -2.24. The molecule has 0 aliphatic carbocycles. The van der Waals surface area contributed by atoms with Gasteiger partial charge in [0.1, 0.15) is 0 Å². The average Bonchev–Trinajstić information content (AvgIpc) is 3.59. The van der Waals surface area contributed by atoms with Crippen molar-refractivity contribution < 1.29 is 19.0 Å². The lowest BCUT2D eigenvalue weighted by atomic mass is 9.95. The normalized spacial score (nSPS) is 16.2. The fourth-order valence-electron chi connectivity index (χ4n) is 5.25. The average molecular weight is 668 g/mol. The smallest absolute Gasteiger partial charge is 0.338 e. The summed E-state index contributed by atoms with van der Waals surface area (Å²) in [6, 6.07) is 15.2. The molecule has 2 aliphatic heterocycles. The van der Waals surface area contributed by atoms with Crippen LogP contribution in [-0.4, -0.2) is 28.5 Å². The van der Waals surface area contributed by atoms with Crippen LogP contribution in [0.15, 0.2) is 69.6 Å². The fraction of sp³-hybridized carbons (Fsp3) is 0.233. The quantitative estimate of drug-likeness (QED) is 0.231. The van der Waals surface area contributed by atoms with Crippen LogP contribution in [0.5, 0.6) is 11.5 Å². The summed E-state index contributed by atoms with van der Waals surface area (Å²) in [7, 11) is 0. The van der Waals surface area contributed by atoms with Crippen molar-refractivity contribution in [3.8, 4) is 17.2 Å². The second-order valence-corrected chi connectivity index (χ2v) is 11.8. The Bertz CT molecular complexity index is 1880. The number of fused-ring (bicyclic) bond motifs is 2. The van der Waals surface area contributed by atoms with Gasteiger partial charge in [-0.1, -0.05) is 17.4 Å². The largest absolute Gasteiger partial charge is 0.463 e. The first-order valence-corrected chi connectivity index (χ1v) is 14.7. The maximum atomic E-state index is 14.0. The van der Waals surface area contributed by atoms with Gasteiger partial charge in [-0.15, -0.1) is 0 Å². The monoisotopic (exact) mass is 667 g/mol. The topological polar surface area (TPSA) is 84.1 Å². The molecule has 0 N–H and O–H groups in total. The van der Waals surface area contributed by atoms with Gasteiger partial charge >= 0.3 is 5.97 Å². The number of esters is 1. The summed E-state index contributed by atoms with van der Waals surface area (Å²) >= 11 is 3.60. The van der Waals surface area contributed by atoms with E-state index in [-0.39, 0.29) is 19.0 Å². The molecule has 10 heteroatoms. The zero-order chi connectivity index (χ0) is 28.1. The number of rotatable bonds is 5. The summed E-state index contributed by atoms with van der Waals surface area (Å²) in [5.41, 5.74) is 5.45. The standard InChI is InChI=1S/C30H26IN3O5S/c1-5-37-29(36)26-17(3)32-30-34(27(26)19-6-11-23-24(13-19)39-15-38-23)28(35)25(40-30)14-20-12-16(2)33(18(20)4)22-9-7-21(31)8-10-22/h6-14,27H,5,15H2,1-4H3/b25-14-/t27-/m1/s1. The number of carbonyl (C=O) groups is 1. The van der Waals surface area contributed by atoms with Gasteiger partial charge in [-0.05, 0) is 110 Å². The third-order valence-corrected chi connectivity index (χ3v) is 8.77. The van der Waals surface area contributed by atoms with E-state index in [4.69, 9.17) is 14.2 Å². The molecule has 0 saturated heterocycles. The number of allylic oxidation sites excluding steroid dienone is 1. The third-order valence-electron chi connectivity index (χ3n) is 7.07. The van der Waals surface area contributed by atoms with Crippen molar-refractivity contribution in [1.82, 2.24) is 9.13 Å². The van der Waals surface area contributed by atoms with Crippen molar-refractivity contribution in [2.75, 3.05) is 13.4 Å². The van der Waals surface area contributed by atoms with Gasteiger partial charge in [0, 0.05) is 20.6 Å². The Morgan fingerprint density at radius 1 is 1.12 bits per heavy atom. The predicted octanol–water partition coefficient (Wildman–Crippen LogP) is 4.54. The van der Waals surface area contributed by atoms with E-state index in [9.17, 15) is 9.59 Å². The van der Waals surface area contributed by atoms with Crippen molar-refractivity contribution in [1.29, 1.82) is 0 Å². The number of hydrogen-bond acceptors (Lipinski definition) is 7. The van der Waals surface area contributed by atoms with Gasteiger partial charge < -0.3 is 18.8 Å². The highest BCUT2D eigenvalue weighted by molar-refractivity contribution is 14.1. The molecule has 4 heterocycles. The molecule has 40 heavy (non-hydrogen) atoms. The minimum absolute atomic E-state index is 0.127. The van der Waals surface area contributed by atoms with Gasteiger partial charge in [-0.3, -0.25) is 9.36 Å². The molecule has 0 unspecified atom stereocenters. The second kappa shape index (κ2) is 10.4. The van der Waals surface area contributed by atoms with Crippen LogP contribution in [0, 0.1) is 17.4 Å². The van der Waals surface area contributed by atoms with Crippen LogP contribution in [0.2, 0.25) is 0 Å². The lowest BCUT2D eigenvalue weighted by Crippen LogP contribution is -2.39. The van der Waals surface area contributed by atoms with E-state index in [1.165, 1.54) is 14.9 Å². The molecular formula is C30H26IN3O5S. The molecule has 0 radical (unpaired) electrons. The molecule has 2 aromatic carbocycles. The van der Waals surface area contributed by atoms with Gasteiger partial charge in [0.2, 0.25) is 6.79 Å². The van der Waals surface area contributed by atoms with Crippen LogP contribution in [-0.2, 0) is 9.53 Å². The molecule has 204 valence electrons. The van der Waals surface area contributed by atoms with E-state index in [1.807, 2.05) is 25.1 Å². The van der Waals surface area contributed by atoms with Gasteiger partial charge in [0.05, 0.1) is 28.5 Å². The predicted molar refractivity (Wildman–Crippen MR) is 161 cm³/mol. The number of aryl methyl sites for hydroxylation is 1. The lowest BCUT2D eigenvalue weighted by molar-refractivity contribution is -0.139. The van der Waals surface area contributed by atoms with Crippen molar-refractivity contribution >= 4 is 46.0 Å². The highest BCUT2D eigenvalue weighted by Gasteiger charge is 2.34. The van der Waals surface area contributed by atoms with Crippen LogP contribution in [0.1, 0.15) is 42.4 Å². The number of aromatic nitrogens is 2.